The normalized spacial score (nSPS) is 20.3. The Balaban J connectivity index is 1.23. The van der Waals surface area contributed by atoms with E-state index in [0.717, 1.165) is 38.5 Å². The molecule has 0 radical (unpaired) electrons. The number of amides is 2. The van der Waals surface area contributed by atoms with Crippen LogP contribution in [0.15, 0.2) is 48.5 Å². The van der Waals surface area contributed by atoms with Gasteiger partial charge in [0.25, 0.3) is 0 Å². The van der Waals surface area contributed by atoms with E-state index in [9.17, 15) is 9.59 Å². The molecule has 2 aromatic carbocycles. The Labute approximate surface area is 176 Å². The van der Waals surface area contributed by atoms with Gasteiger partial charge in [0.15, 0.2) is 0 Å². The second kappa shape index (κ2) is 9.49. The zero-order valence-electron chi connectivity index (χ0n) is 16.7. The van der Waals surface area contributed by atoms with Crippen molar-refractivity contribution in [1.29, 1.82) is 0 Å². The van der Waals surface area contributed by atoms with Crippen molar-refractivity contribution in [1.82, 2.24) is 10.6 Å². The predicted octanol–water partition coefficient (Wildman–Crippen LogP) is 4.11. The van der Waals surface area contributed by atoms with Crippen LogP contribution >= 0.6 is 11.8 Å². The molecule has 5 heteroatoms. The monoisotopic (exact) mass is 408 g/mol. The summed E-state index contributed by atoms with van der Waals surface area (Å²) in [7, 11) is 0. The first-order valence-electron chi connectivity index (χ1n) is 10.5. The van der Waals surface area contributed by atoms with Crippen LogP contribution in [0.5, 0.6) is 0 Å². The van der Waals surface area contributed by atoms with Crippen molar-refractivity contribution < 1.29 is 9.59 Å². The number of carbonyl (C=O) groups excluding carboxylic acids is 2. The number of hydrogen-bond acceptors (Lipinski definition) is 3. The maximum atomic E-state index is 12.4. The summed E-state index contributed by atoms with van der Waals surface area (Å²) < 4.78 is 0. The highest BCUT2D eigenvalue weighted by Gasteiger charge is 2.23. The van der Waals surface area contributed by atoms with E-state index < -0.39 is 0 Å². The molecule has 0 saturated heterocycles. The predicted molar refractivity (Wildman–Crippen MR) is 118 cm³/mol. The van der Waals surface area contributed by atoms with Gasteiger partial charge in [0.05, 0.1) is 23.6 Å². The van der Waals surface area contributed by atoms with Crippen molar-refractivity contribution in [3.8, 4) is 0 Å². The Kier molecular flexibility index (Phi) is 6.55. The molecule has 2 aliphatic rings. The zero-order valence-corrected chi connectivity index (χ0v) is 17.5. The maximum Gasteiger partial charge on any atom is 0.230 e. The molecule has 0 heterocycles. The molecule has 0 aromatic heterocycles. The Bertz CT molecular complexity index is 811. The number of hydrogen-bond donors (Lipinski definition) is 2. The minimum Gasteiger partial charge on any atom is -0.349 e. The fourth-order valence-corrected chi connectivity index (χ4v) is 5.16. The molecular formula is C24H28N2O2S. The molecule has 2 N–H and O–H groups in total. The van der Waals surface area contributed by atoms with E-state index in [1.807, 2.05) is 12.1 Å². The lowest BCUT2D eigenvalue weighted by molar-refractivity contribution is -0.119. The first kappa shape index (κ1) is 20.0. The maximum absolute atomic E-state index is 12.4. The summed E-state index contributed by atoms with van der Waals surface area (Å²) in [4.78, 5) is 24.8. The topological polar surface area (TPSA) is 58.2 Å². The van der Waals surface area contributed by atoms with Gasteiger partial charge in [-0.15, -0.1) is 11.8 Å². The molecule has 0 saturated carbocycles. The van der Waals surface area contributed by atoms with E-state index in [1.54, 1.807) is 0 Å². The van der Waals surface area contributed by atoms with Gasteiger partial charge in [-0.1, -0.05) is 48.5 Å². The third kappa shape index (κ3) is 5.02. The van der Waals surface area contributed by atoms with Gasteiger partial charge in [0, 0.05) is 0 Å². The van der Waals surface area contributed by atoms with Crippen molar-refractivity contribution >= 4 is 23.6 Å². The van der Waals surface area contributed by atoms with Crippen LogP contribution in [0.1, 0.15) is 60.0 Å². The molecule has 2 atom stereocenters. The Morgan fingerprint density at radius 2 is 1.21 bits per heavy atom. The minimum absolute atomic E-state index is 0.00696. The molecule has 152 valence electrons. The van der Waals surface area contributed by atoms with Crippen LogP contribution in [0, 0.1) is 0 Å². The van der Waals surface area contributed by atoms with Gasteiger partial charge >= 0.3 is 0 Å². The van der Waals surface area contributed by atoms with Crippen molar-refractivity contribution in [3.63, 3.8) is 0 Å². The van der Waals surface area contributed by atoms with Gasteiger partial charge in [0.1, 0.15) is 0 Å². The summed E-state index contributed by atoms with van der Waals surface area (Å²) in [5.41, 5.74) is 5.16. The number of carbonyl (C=O) groups is 2. The quantitative estimate of drug-likeness (QED) is 0.756. The van der Waals surface area contributed by atoms with Crippen molar-refractivity contribution in [2.75, 3.05) is 11.5 Å². The van der Waals surface area contributed by atoms with Crippen molar-refractivity contribution in [3.05, 3.63) is 70.8 Å². The molecule has 0 bridgehead atoms. The molecule has 2 amide bonds. The van der Waals surface area contributed by atoms with E-state index in [0.29, 0.717) is 11.5 Å². The van der Waals surface area contributed by atoms with Crippen molar-refractivity contribution in [2.45, 2.75) is 50.6 Å². The van der Waals surface area contributed by atoms with Crippen LogP contribution < -0.4 is 10.6 Å². The van der Waals surface area contributed by atoms with Crippen LogP contribution in [0.4, 0.5) is 0 Å². The van der Waals surface area contributed by atoms with Gasteiger partial charge in [-0.3, -0.25) is 9.59 Å². The van der Waals surface area contributed by atoms with E-state index in [4.69, 9.17) is 0 Å². The molecule has 2 aromatic rings. The Morgan fingerprint density at radius 1 is 0.759 bits per heavy atom. The van der Waals surface area contributed by atoms with Gasteiger partial charge in [-0.25, -0.2) is 0 Å². The minimum atomic E-state index is 0.00696. The van der Waals surface area contributed by atoms with Crippen LogP contribution in [-0.2, 0) is 22.4 Å². The molecular weight excluding hydrogens is 380 g/mol. The van der Waals surface area contributed by atoms with E-state index in [2.05, 4.69) is 47.0 Å². The second-order valence-corrected chi connectivity index (χ2v) is 8.90. The summed E-state index contributed by atoms with van der Waals surface area (Å²) >= 11 is 1.39. The number of rotatable bonds is 6. The Hall–Kier alpha value is -2.27. The molecule has 29 heavy (non-hydrogen) atoms. The van der Waals surface area contributed by atoms with Crippen LogP contribution in [0.25, 0.3) is 0 Å². The van der Waals surface area contributed by atoms with Crippen LogP contribution in [0.3, 0.4) is 0 Å². The fraction of sp³-hybridized carbons (Fsp3) is 0.417. The van der Waals surface area contributed by atoms with E-state index in [-0.39, 0.29) is 23.9 Å². The number of aryl methyl sites for hydroxylation is 2. The second-order valence-electron chi connectivity index (χ2n) is 7.92. The lowest BCUT2D eigenvalue weighted by Crippen LogP contribution is -2.34. The van der Waals surface area contributed by atoms with Gasteiger partial charge in [-0.2, -0.15) is 0 Å². The zero-order chi connectivity index (χ0) is 20.1. The van der Waals surface area contributed by atoms with E-state index in [1.165, 1.54) is 34.0 Å². The van der Waals surface area contributed by atoms with E-state index >= 15 is 0 Å². The summed E-state index contributed by atoms with van der Waals surface area (Å²) in [5, 5.41) is 6.30. The number of thioether (sulfide) groups is 1. The summed E-state index contributed by atoms with van der Waals surface area (Å²) in [6.07, 6.45) is 6.33. The lowest BCUT2D eigenvalue weighted by Gasteiger charge is -2.26. The van der Waals surface area contributed by atoms with Crippen LogP contribution in [0.2, 0.25) is 0 Å². The number of fused-ring (bicyclic) bond motifs is 2. The average molecular weight is 409 g/mol. The third-order valence-corrected chi connectivity index (χ3v) is 6.81. The molecule has 4 rings (SSSR count). The molecule has 4 nitrogen and oxygen atoms in total. The third-order valence-electron chi connectivity index (χ3n) is 5.88. The summed E-state index contributed by atoms with van der Waals surface area (Å²) in [6, 6.07) is 16.9. The van der Waals surface area contributed by atoms with Gasteiger partial charge < -0.3 is 10.6 Å². The highest BCUT2D eigenvalue weighted by atomic mass is 32.2. The summed E-state index contributed by atoms with van der Waals surface area (Å²) in [5.74, 6) is 0.640. The highest BCUT2D eigenvalue weighted by molar-refractivity contribution is 8.00. The number of benzene rings is 2. The molecule has 0 spiro atoms. The standard InChI is InChI=1S/C24H28N2O2S/c27-23(25-21-13-5-9-17-7-1-3-11-19(17)21)15-29-16-24(28)26-22-14-6-10-18-8-2-4-12-20(18)22/h1-4,7-8,11-12,21-22H,5-6,9-10,13-16H2,(H,25,27)(H,26,28)/t21-,22+. The Morgan fingerprint density at radius 3 is 1.69 bits per heavy atom. The molecule has 0 aliphatic heterocycles. The molecule has 0 unspecified atom stereocenters. The van der Waals surface area contributed by atoms with Gasteiger partial charge in [0.2, 0.25) is 11.8 Å². The lowest BCUT2D eigenvalue weighted by atomic mass is 9.88. The van der Waals surface area contributed by atoms with Crippen molar-refractivity contribution in [2.24, 2.45) is 0 Å². The SMILES string of the molecule is O=C(CSCC(=O)N[C@@H]1CCCc2ccccc21)N[C@H]1CCCc2ccccc21. The first-order chi connectivity index (χ1) is 14.2. The van der Waals surface area contributed by atoms with Crippen LogP contribution in [-0.4, -0.2) is 23.3 Å². The first-order valence-corrected chi connectivity index (χ1v) is 11.7. The molecule has 0 fully saturated rings. The summed E-state index contributed by atoms with van der Waals surface area (Å²) in [6.45, 7) is 0. The fourth-order valence-electron chi connectivity index (χ4n) is 4.52. The number of nitrogens with one attached hydrogen (secondary N) is 2. The smallest absolute Gasteiger partial charge is 0.230 e. The average Bonchev–Trinajstić information content (AvgIpc) is 2.74. The highest BCUT2D eigenvalue weighted by Crippen LogP contribution is 2.30. The van der Waals surface area contributed by atoms with Gasteiger partial charge in [-0.05, 0) is 60.8 Å². The largest absolute Gasteiger partial charge is 0.349 e. The molecule has 2 aliphatic carbocycles.